The molecule has 1 rings (SSSR count). The van der Waals surface area contributed by atoms with Crippen LogP contribution < -0.4 is 10.6 Å². The zero-order valence-corrected chi connectivity index (χ0v) is 8.00. The van der Waals surface area contributed by atoms with Crippen LogP contribution in [-0.4, -0.2) is 16.9 Å². The zero-order chi connectivity index (χ0) is 10.6. The first-order valence-electron chi connectivity index (χ1n) is 4.10. The standard InChI is InChI=1S/C9H11N3O2/c1-6-4-3-5-10-8(6)12-9(14)11-7(2)13/h3-5H,1-2H3,(H2,10,11,12,13,14). The second kappa shape index (κ2) is 4.36. The summed E-state index contributed by atoms with van der Waals surface area (Å²) in [6.45, 7) is 3.08. The summed E-state index contributed by atoms with van der Waals surface area (Å²) in [4.78, 5) is 25.6. The first-order chi connectivity index (χ1) is 6.59. The number of urea groups is 1. The second-order valence-corrected chi connectivity index (χ2v) is 2.80. The van der Waals surface area contributed by atoms with E-state index >= 15 is 0 Å². The number of nitrogens with zero attached hydrogens (tertiary/aromatic N) is 1. The molecule has 0 radical (unpaired) electrons. The van der Waals surface area contributed by atoms with Gasteiger partial charge in [-0.1, -0.05) is 6.07 Å². The van der Waals surface area contributed by atoms with E-state index < -0.39 is 11.9 Å². The van der Waals surface area contributed by atoms with E-state index in [1.807, 2.05) is 13.0 Å². The molecule has 0 aliphatic carbocycles. The number of imide groups is 1. The molecule has 0 spiro atoms. The highest BCUT2D eigenvalue weighted by atomic mass is 16.2. The Kier molecular flexibility index (Phi) is 3.17. The van der Waals surface area contributed by atoms with Gasteiger partial charge in [0, 0.05) is 13.1 Å². The van der Waals surface area contributed by atoms with Gasteiger partial charge in [0.25, 0.3) is 0 Å². The quantitative estimate of drug-likeness (QED) is 0.700. The predicted molar refractivity (Wildman–Crippen MR) is 51.8 cm³/mol. The molecule has 0 fully saturated rings. The molecule has 1 heterocycles. The SMILES string of the molecule is CC(=O)NC(=O)Nc1ncccc1C. The van der Waals surface area contributed by atoms with Gasteiger partial charge in [-0.2, -0.15) is 0 Å². The molecule has 14 heavy (non-hydrogen) atoms. The minimum Gasteiger partial charge on any atom is -0.292 e. The number of carbonyl (C=O) groups is 2. The van der Waals surface area contributed by atoms with Crippen LogP contribution >= 0.6 is 0 Å². The Morgan fingerprint density at radius 3 is 2.71 bits per heavy atom. The highest BCUT2D eigenvalue weighted by Crippen LogP contribution is 2.08. The molecule has 5 heteroatoms. The largest absolute Gasteiger partial charge is 0.327 e. The van der Waals surface area contributed by atoms with Crippen LogP contribution in [0.25, 0.3) is 0 Å². The first-order valence-corrected chi connectivity index (χ1v) is 4.10. The average Bonchev–Trinajstić information content (AvgIpc) is 2.07. The molecule has 0 aliphatic heterocycles. The molecule has 0 bridgehead atoms. The topological polar surface area (TPSA) is 71.1 Å². The zero-order valence-electron chi connectivity index (χ0n) is 8.00. The molecule has 2 N–H and O–H groups in total. The van der Waals surface area contributed by atoms with E-state index in [9.17, 15) is 9.59 Å². The van der Waals surface area contributed by atoms with Crippen LogP contribution in [-0.2, 0) is 4.79 Å². The van der Waals surface area contributed by atoms with Crippen LogP contribution in [0, 0.1) is 6.92 Å². The van der Waals surface area contributed by atoms with Gasteiger partial charge in [0.1, 0.15) is 5.82 Å². The van der Waals surface area contributed by atoms with E-state index in [1.165, 1.54) is 6.92 Å². The third-order valence-corrected chi connectivity index (χ3v) is 1.53. The molecule has 1 aromatic rings. The number of pyridine rings is 1. The van der Waals surface area contributed by atoms with Gasteiger partial charge in [0.15, 0.2) is 0 Å². The fourth-order valence-electron chi connectivity index (χ4n) is 0.915. The van der Waals surface area contributed by atoms with Gasteiger partial charge in [-0.3, -0.25) is 15.4 Å². The summed E-state index contributed by atoms with van der Waals surface area (Å²) in [5, 5.41) is 4.55. The molecule has 0 unspecified atom stereocenters. The maximum atomic E-state index is 11.1. The molecular formula is C9H11N3O2. The van der Waals surface area contributed by atoms with Gasteiger partial charge in [0.05, 0.1) is 0 Å². The summed E-state index contributed by atoms with van der Waals surface area (Å²) in [6.07, 6.45) is 1.57. The lowest BCUT2D eigenvalue weighted by Gasteiger charge is -2.05. The summed E-state index contributed by atoms with van der Waals surface area (Å²) in [5.41, 5.74) is 0.839. The van der Waals surface area contributed by atoms with Crippen molar-refractivity contribution in [2.24, 2.45) is 0 Å². The maximum absolute atomic E-state index is 11.1. The van der Waals surface area contributed by atoms with Crippen molar-refractivity contribution in [2.75, 3.05) is 5.32 Å². The number of hydrogen-bond acceptors (Lipinski definition) is 3. The van der Waals surface area contributed by atoms with Crippen molar-refractivity contribution in [3.8, 4) is 0 Å². The lowest BCUT2D eigenvalue weighted by molar-refractivity contribution is -0.117. The van der Waals surface area contributed by atoms with Crippen LogP contribution in [0.1, 0.15) is 12.5 Å². The Balaban J connectivity index is 2.65. The van der Waals surface area contributed by atoms with Crippen LogP contribution in [0.15, 0.2) is 18.3 Å². The van der Waals surface area contributed by atoms with E-state index in [-0.39, 0.29) is 0 Å². The van der Waals surface area contributed by atoms with Crippen LogP contribution in [0.2, 0.25) is 0 Å². The molecule has 3 amide bonds. The van der Waals surface area contributed by atoms with Crippen molar-refractivity contribution in [3.63, 3.8) is 0 Å². The lowest BCUT2D eigenvalue weighted by atomic mass is 10.3. The predicted octanol–water partition coefficient (Wildman–Crippen LogP) is 1.06. The number of rotatable bonds is 1. The van der Waals surface area contributed by atoms with Crippen LogP contribution in [0.4, 0.5) is 10.6 Å². The summed E-state index contributed by atoms with van der Waals surface area (Å²) < 4.78 is 0. The highest BCUT2D eigenvalue weighted by Gasteiger charge is 2.05. The third kappa shape index (κ3) is 2.85. The average molecular weight is 193 g/mol. The van der Waals surface area contributed by atoms with Gasteiger partial charge in [-0.25, -0.2) is 9.78 Å². The van der Waals surface area contributed by atoms with Gasteiger partial charge >= 0.3 is 6.03 Å². The van der Waals surface area contributed by atoms with E-state index in [1.54, 1.807) is 12.3 Å². The van der Waals surface area contributed by atoms with Gasteiger partial charge in [-0.15, -0.1) is 0 Å². The number of nitrogens with one attached hydrogen (secondary N) is 2. The number of aromatic nitrogens is 1. The molecule has 0 aliphatic rings. The van der Waals surface area contributed by atoms with Crippen molar-refractivity contribution >= 4 is 17.8 Å². The molecular weight excluding hydrogens is 182 g/mol. The third-order valence-electron chi connectivity index (χ3n) is 1.53. The summed E-state index contributed by atoms with van der Waals surface area (Å²) in [5.74, 6) is 0.0438. The Labute approximate surface area is 81.5 Å². The van der Waals surface area contributed by atoms with Crippen LogP contribution in [0.5, 0.6) is 0 Å². The summed E-state index contributed by atoms with van der Waals surface area (Å²) in [7, 11) is 0. The molecule has 5 nitrogen and oxygen atoms in total. The van der Waals surface area contributed by atoms with E-state index in [0.29, 0.717) is 5.82 Å². The molecule has 0 saturated heterocycles. The van der Waals surface area contributed by atoms with Crippen LogP contribution in [0.3, 0.4) is 0 Å². The first kappa shape index (κ1) is 10.2. The van der Waals surface area contributed by atoms with Crippen molar-refractivity contribution in [1.29, 1.82) is 0 Å². The van der Waals surface area contributed by atoms with Gasteiger partial charge in [-0.05, 0) is 18.6 Å². The molecule has 0 atom stereocenters. The van der Waals surface area contributed by atoms with E-state index in [4.69, 9.17) is 0 Å². The van der Waals surface area contributed by atoms with Gasteiger partial charge < -0.3 is 0 Å². The number of hydrogen-bond donors (Lipinski definition) is 2. The molecule has 0 aromatic carbocycles. The van der Waals surface area contributed by atoms with Crippen molar-refractivity contribution < 1.29 is 9.59 Å². The Morgan fingerprint density at radius 1 is 1.43 bits per heavy atom. The summed E-state index contributed by atoms with van der Waals surface area (Å²) >= 11 is 0. The fraction of sp³-hybridized carbons (Fsp3) is 0.222. The van der Waals surface area contributed by atoms with Crippen molar-refractivity contribution in [2.45, 2.75) is 13.8 Å². The second-order valence-electron chi connectivity index (χ2n) is 2.80. The smallest absolute Gasteiger partial charge is 0.292 e. The normalized spacial score (nSPS) is 9.29. The van der Waals surface area contributed by atoms with Crippen molar-refractivity contribution in [1.82, 2.24) is 10.3 Å². The lowest BCUT2D eigenvalue weighted by Crippen LogP contribution is -2.32. The van der Waals surface area contributed by atoms with Gasteiger partial charge in [0.2, 0.25) is 5.91 Å². The Hall–Kier alpha value is -1.91. The maximum Gasteiger partial charge on any atom is 0.327 e. The number of carbonyl (C=O) groups excluding carboxylic acids is 2. The summed E-state index contributed by atoms with van der Waals surface area (Å²) in [6, 6.07) is 3.01. The molecule has 74 valence electrons. The molecule has 0 saturated carbocycles. The van der Waals surface area contributed by atoms with Crippen molar-refractivity contribution in [3.05, 3.63) is 23.9 Å². The number of anilines is 1. The monoisotopic (exact) mass is 193 g/mol. The number of aryl methyl sites for hydroxylation is 1. The Morgan fingerprint density at radius 2 is 2.14 bits per heavy atom. The minimum atomic E-state index is -0.570. The number of amides is 3. The Bertz CT molecular complexity index is 363. The highest BCUT2D eigenvalue weighted by molar-refractivity contribution is 6.00. The molecule has 1 aromatic heterocycles. The minimum absolute atomic E-state index is 0.406. The fourth-order valence-corrected chi connectivity index (χ4v) is 0.915. The van der Waals surface area contributed by atoms with E-state index in [2.05, 4.69) is 15.6 Å². The van der Waals surface area contributed by atoms with E-state index in [0.717, 1.165) is 5.56 Å².